The van der Waals surface area contributed by atoms with Gasteiger partial charge < -0.3 is 19.5 Å². The third-order valence-electron chi connectivity index (χ3n) is 3.57. The van der Waals surface area contributed by atoms with E-state index in [9.17, 15) is 19.2 Å². The Labute approximate surface area is 169 Å². The van der Waals surface area contributed by atoms with E-state index in [4.69, 9.17) is 21.1 Å². The zero-order chi connectivity index (χ0) is 20.8. The van der Waals surface area contributed by atoms with Gasteiger partial charge in [-0.1, -0.05) is 11.6 Å². The lowest BCUT2D eigenvalue weighted by molar-refractivity contribution is -0.119. The molecule has 0 fully saturated rings. The van der Waals surface area contributed by atoms with Crippen molar-refractivity contribution in [1.82, 2.24) is 0 Å². The van der Waals surface area contributed by atoms with Crippen molar-refractivity contribution in [3.8, 4) is 0 Å². The number of nitrogens with one attached hydrogen (secondary N) is 1. The number of methoxy groups -OCH3 is 2. The van der Waals surface area contributed by atoms with Gasteiger partial charge in [0, 0.05) is 5.02 Å². The normalized spacial score (nSPS) is 10.1. The molecule has 0 aliphatic carbocycles. The van der Waals surface area contributed by atoms with E-state index >= 15 is 0 Å². The average molecular weight is 426 g/mol. The number of hydrogen-bond acceptors (Lipinski definition) is 8. The van der Waals surface area contributed by atoms with Gasteiger partial charge in [-0.25, -0.2) is 14.4 Å². The molecule has 1 aromatic heterocycles. The highest BCUT2D eigenvalue weighted by Gasteiger charge is 2.27. The molecule has 2 rings (SSSR count). The molecule has 2 aromatic rings. The molecular formula is C18H16ClNO7S. The van der Waals surface area contributed by atoms with Crippen molar-refractivity contribution in [3.63, 3.8) is 0 Å². The molecule has 148 valence electrons. The number of thiophene rings is 1. The van der Waals surface area contributed by atoms with E-state index in [0.29, 0.717) is 10.6 Å². The first-order valence-electron chi connectivity index (χ1n) is 7.81. The molecule has 0 atom stereocenters. The zero-order valence-corrected chi connectivity index (χ0v) is 16.7. The Morgan fingerprint density at radius 3 is 2.18 bits per heavy atom. The molecule has 0 radical (unpaired) electrons. The van der Waals surface area contributed by atoms with Crippen molar-refractivity contribution in [3.05, 3.63) is 50.9 Å². The van der Waals surface area contributed by atoms with E-state index in [2.05, 4.69) is 10.1 Å². The Morgan fingerprint density at radius 1 is 1.00 bits per heavy atom. The maximum absolute atomic E-state index is 12.2. The summed E-state index contributed by atoms with van der Waals surface area (Å²) in [5, 5.41) is 3.01. The summed E-state index contributed by atoms with van der Waals surface area (Å²) in [6.07, 6.45) is 0. The first kappa shape index (κ1) is 21.4. The van der Waals surface area contributed by atoms with Crippen LogP contribution in [0.5, 0.6) is 0 Å². The molecule has 1 N–H and O–H groups in total. The summed E-state index contributed by atoms with van der Waals surface area (Å²) in [6, 6.07) is 5.96. The molecule has 0 aliphatic heterocycles. The number of ether oxygens (including phenoxy) is 3. The first-order valence-corrected chi connectivity index (χ1v) is 9.00. The molecule has 0 saturated heterocycles. The fourth-order valence-electron chi connectivity index (χ4n) is 2.20. The minimum Gasteiger partial charge on any atom is -0.465 e. The van der Waals surface area contributed by atoms with Crippen LogP contribution in [-0.2, 0) is 19.0 Å². The van der Waals surface area contributed by atoms with Crippen molar-refractivity contribution in [2.45, 2.75) is 6.92 Å². The topological polar surface area (TPSA) is 108 Å². The first-order chi connectivity index (χ1) is 13.3. The van der Waals surface area contributed by atoms with Crippen molar-refractivity contribution in [2.24, 2.45) is 0 Å². The Bertz CT molecular complexity index is 921. The molecule has 1 aromatic carbocycles. The Kier molecular flexibility index (Phi) is 7.13. The number of esters is 3. The number of benzene rings is 1. The summed E-state index contributed by atoms with van der Waals surface area (Å²) < 4.78 is 14.3. The van der Waals surface area contributed by atoms with Crippen LogP contribution >= 0.6 is 22.9 Å². The molecule has 8 nitrogen and oxygen atoms in total. The van der Waals surface area contributed by atoms with E-state index in [1.165, 1.54) is 45.4 Å². The second-order valence-electron chi connectivity index (χ2n) is 5.37. The Balaban J connectivity index is 2.12. The van der Waals surface area contributed by atoms with E-state index in [1.807, 2.05) is 0 Å². The second-order valence-corrected chi connectivity index (χ2v) is 6.83. The number of carbonyl (C=O) groups excluding carboxylic acids is 4. The van der Waals surface area contributed by atoms with Crippen LogP contribution in [0, 0.1) is 6.92 Å². The lowest BCUT2D eigenvalue weighted by atomic mass is 10.1. The third kappa shape index (κ3) is 4.87. The van der Waals surface area contributed by atoms with Crippen LogP contribution in [0.4, 0.5) is 5.00 Å². The predicted molar refractivity (Wildman–Crippen MR) is 102 cm³/mol. The van der Waals surface area contributed by atoms with Crippen LogP contribution in [0.2, 0.25) is 5.02 Å². The van der Waals surface area contributed by atoms with Gasteiger partial charge in [0.05, 0.1) is 25.3 Å². The largest absolute Gasteiger partial charge is 0.465 e. The highest BCUT2D eigenvalue weighted by molar-refractivity contribution is 7.18. The van der Waals surface area contributed by atoms with Crippen molar-refractivity contribution >= 4 is 51.8 Å². The van der Waals surface area contributed by atoms with Gasteiger partial charge in [-0.05, 0) is 36.8 Å². The predicted octanol–water partition coefficient (Wildman–Crippen LogP) is 3.08. The highest BCUT2D eigenvalue weighted by atomic mass is 35.5. The number of halogens is 1. The van der Waals surface area contributed by atoms with Crippen LogP contribution in [0.3, 0.4) is 0 Å². The van der Waals surface area contributed by atoms with Gasteiger partial charge in [-0.2, -0.15) is 0 Å². The van der Waals surface area contributed by atoms with Gasteiger partial charge >= 0.3 is 17.9 Å². The fraction of sp³-hybridized carbons (Fsp3) is 0.222. The maximum Gasteiger partial charge on any atom is 0.348 e. The lowest BCUT2D eigenvalue weighted by Gasteiger charge is -2.07. The smallest absolute Gasteiger partial charge is 0.348 e. The standard InChI is InChI=1S/C18H16ClNO7S/c1-9-13(17(23)25-2)15(28-14(9)18(24)26-3)20-12(21)8-27-16(22)10-4-6-11(19)7-5-10/h4-7H,8H2,1-3H3,(H,20,21). The van der Waals surface area contributed by atoms with E-state index in [0.717, 1.165) is 11.3 Å². The van der Waals surface area contributed by atoms with E-state index in [-0.39, 0.29) is 21.0 Å². The second kappa shape index (κ2) is 9.34. The molecule has 28 heavy (non-hydrogen) atoms. The van der Waals surface area contributed by atoms with Gasteiger partial charge in [0.1, 0.15) is 9.88 Å². The highest BCUT2D eigenvalue weighted by Crippen LogP contribution is 2.34. The summed E-state index contributed by atoms with van der Waals surface area (Å²) in [7, 11) is 2.38. The van der Waals surface area contributed by atoms with Gasteiger partial charge in [-0.3, -0.25) is 4.79 Å². The van der Waals surface area contributed by atoms with Gasteiger partial charge in [0.15, 0.2) is 6.61 Å². The van der Waals surface area contributed by atoms with Gasteiger partial charge in [-0.15, -0.1) is 11.3 Å². The van der Waals surface area contributed by atoms with Crippen LogP contribution in [0.1, 0.15) is 36.0 Å². The fourth-order valence-corrected chi connectivity index (χ4v) is 3.46. The van der Waals surface area contributed by atoms with Crippen molar-refractivity contribution in [1.29, 1.82) is 0 Å². The molecule has 1 heterocycles. The minimum atomic E-state index is -0.725. The maximum atomic E-state index is 12.2. The number of rotatable bonds is 6. The SMILES string of the molecule is COC(=O)c1sc(NC(=O)COC(=O)c2ccc(Cl)cc2)c(C(=O)OC)c1C. The summed E-state index contributed by atoms with van der Waals surface area (Å²) in [5.74, 6) is -2.78. The Morgan fingerprint density at radius 2 is 1.61 bits per heavy atom. The molecule has 0 spiro atoms. The summed E-state index contributed by atoms with van der Waals surface area (Å²) in [4.78, 5) is 48.1. The van der Waals surface area contributed by atoms with E-state index in [1.54, 1.807) is 0 Å². The number of hydrogen-bond donors (Lipinski definition) is 1. The van der Waals surface area contributed by atoms with Crippen LogP contribution < -0.4 is 5.32 Å². The van der Waals surface area contributed by atoms with Crippen molar-refractivity contribution in [2.75, 3.05) is 26.1 Å². The van der Waals surface area contributed by atoms with E-state index < -0.39 is 30.4 Å². The van der Waals surface area contributed by atoms with Gasteiger partial charge in [0.2, 0.25) is 0 Å². The molecule has 0 unspecified atom stereocenters. The van der Waals surface area contributed by atoms with Crippen molar-refractivity contribution < 1.29 is 33.4 Å². The molecule has 1 amide bonds. The molecular weight excluding hydrogens is 410 g/mol. The summed E-state index contributed by atoms with van der Waals surface area (Å²) >= 11 is 6.61. The van der Waals surface area contributed by atoms with Crippen LogP contribution in [0.25, 0.3) is 0 Å². The number of anilines is 1. The molecule has 0 bridgehead atoms. The van der Waals surface area contributed by atoms with Crippen LogP contribution in [0.15, 0.2) is 24.3 Å². The summed E-state index contributed by atoms with van der Waals surface area (Å²) in [6.45, 7) is 0.942. The van der Waals surface area contributed by atoms with Crippen LogP contribution in [-0.4, -0.2) is 44.6 Å². The zero-order valence-electron chi connectivity index (χ0n) is 15.2. The number of amides is 1. The third-order valence-corrected chi connectivity index (χ3v) is 5.01. The summed E-state index contributed by atoms with van der Waals surface area (Å²) in [5.41, 5.74) is 0.579. The number of carbonyl (C=O) groups is 4. The molecule has 10 heteroatoms. The quantitative estimate of drug-likeness (QED) is 0.559. The minimum absolute atomic E-state index is 0.0327. The lowest BCUT2D eigenvalue weighted by Crippen LogP contribution is -2.21. The molecule has 0 aliphatic rings. The van der Waals surface area contributed by atoms with Gasteiger partial charge in [0.25, 0.3) is 5.91 Å². The monoisotopic (exact) mass is 425 g/mol. The Hall–Kier alpha value is -2.91. The average Bonchev–Trinajstić information content (AvgIpc) is 3.01. The molecule has 0 saturated carbocycles.